The zero-order valence-corrected chi connectivity index (χ0v) is 13.8. The van der Waals surface area contributed by atoms with Gasteiger partial charge in [-0.25, -0.2) is 4.98 Å². The molecule has 5 heteroatoms. The Bertz CT molecular complexity index is 438. The Kier molecular flexibility index (Phi) is 6.74. The van der Waals surface area contributed by atoms with Gasteiger partial charge in [-0.2, -0.15) is 0 Å². The minimum atomic E-state index is 0.704. The molecular weight excluding hydrogens is 286 g/mol. The molecule has 1 N–H and O–H groups in total. The lowest BCUT2D eigenvalue weighted by Crippen LogP contribution is -2.24. The number of halogens is 1. The van der Waals surface area contributed by atoms with Crippen LogP contribution in [-0.2, 0) is 11.3 Å². The molecule has 0 aromatic carbocycles. The third-order valence-electron chi connectivity index (χ3n) is 3.62. The SMILES string of the molecule is CCCNCc1cnc(N(C)CCOCC2CC2)c(Cl)c1. The molecule has 1 fully saturated rings. The van der Waals surface area contributed by atoms with E-state index in [2.05, 4.69) is 22.1 Å². The van der Waals surface area contributed by atoms with Crippen LogP contribution in [0.15, 0.2) is 12.3 Å². The Hall–Kier alpha value is -0.840. The number of hydrogen-bond acceptors (Lipinski definition) is 4. The average molecular weight is 312 g/mol. The fourth-order valence-corrected chi connectivity index (χ4v) is 2.43. The number of aromatic nitrogens is 1. The first-order chi connectivity index (χ1) is 10.2. The molecule has 0 atom stereocenters. The molecule has 118 valence electrons. The molecule has 1 aromatic heterocycles. The smallest absolute Gasteiger partial charge is 0.147 e. The normalized spacial score (nSPS) is 14.4. The van der Waals surface area contributed by atoms with Crippen molar-refractivity contribution >= 4 is 17.4 Å². The van der Waals surface area contributed by atoms with Gasteiger partial charge in [-0.1, -0.05) is 18.5 Å². The lowest BCUT2D eigenvalue weighted by atomic mass is 10.2. The predicted octanol–water partition coefficient (Wildman–Crippen LogP) is 3.10. The van der Waals surface area contributed by atoms with E-state index in [4.69, 9.17) is 16.3 Å². The molecule has 0 amide bonds. The van der Waals surface area contributed by atoms with Gasteiger partial charge in [0.15, 0.2) is 0 Å². The van der Waals surface area contributed by atoms with E-state index in [1.807, 2.05) is 19.3 Å². The van der Waals surface area contributed by atoms with Crippen LogP contribution in [0.5, 0.6) is 0 Å². The van der Waals surface area contributed by atoms with E-state index in [9.17, 15) is 0 Å². The van der Waals surface area contributed by atoms with Crippen LogP contribution in [0, 0.1) is 5.92 Å². The molecule has 1 aliphatic rings. The summed E-state index contributed by atoms with van der Waals surface area (Å²) < 4.78 is 5.66. The van der Waals surface area contributed by atoms with Gasteiger partial charge >= 0.3 is 0 Å². The maximum Gasteiger partial charge on any atom is 0.147 e. The molecule has 0 saturated heterocycles. The monoisotopic (exact) mass is 311 g/mol. The summed E-state index contributed by atoms with van der Waals surface area (Å²) in [5.41, 5.74) is 1.12. The number of anilines is 1. The number of likely N-dealkylation sites (N-methyl/N-ethyl adjacent to an activating group) is 1. The minimum absolute atomic E-state index is 0.704. The maximum absolute atomic E-state index is 6.34. The largest absolute Gasteiger partial charge is 0.379 e. The highest BCUT2D eigenvalue weighted by molar-refractivity contribution is 6.33. The number of nitrogens with zero attached hydrogens (tertiary/aromatic N) is 2. The van der Waals surface area contributed by atoms with Crippen molar-refractivity contribution in [3.05, 3.63) is 22.8 Å². The molecule has 1 aromatic rings. The topological polar surface area (TPSA) is 37.4 Å². The summed E-state index contributed by atoms with van der Waals surface area (Å²) in [6, 6.07) is 1.99. The number of pyridine rings is 1. The van der Waals surface area contributed by atoms with Gasteiger partial charge in [0.25, 0.3) is 0 Å². The summed E-state index contributed by atoms with van der Waals surface area (Å²) in [5, 5.41) is 4.06. The van der Waals surface area contributed by atoms with Crippen LogP contribution in [0.2, 0.25) is 5.02 Å². The van der Waals surface area contributed by atoms with Crippen molar-refractivity contribution in [2.24, 2.45) is 5.92 Å². The van der Waals surface area contributed by atoms with Gasteiger partial charge in [0, 0.05) is 32.9 Å². The second-order valence-electron chi connectivity index (χ2n) is 5.77. The molecule has 0 spiro atoms. The van der Waals surface area contributed by atoms with E-state index in [1.54, 1.807) is 0 Å². The van der Waals surface area contributed by atoms with E-state index < -0.39 is 0 Å². The molecule has 1 heterocycles. The maximum atomic E-state index is 6.34. The van der Waals surface area contributed by atoms with Crippen molar-refractivity contribution in [3.63, 3.8) is 0 Å². The Labute approximate surface area is 132 Å². The van der Waals surface area contributed by atoms with Crippen molar-refractivity contribution in [3.8, 4) is 0 Å². The first kappa shape index (κ1) is 16.5. The van der Waals surface area contributed by atoms with Crippen molar-refractivity contribution in [1.82, 2.24) is 10.3 Å². The van der Waals surface area contributed by atoms with Gasteiger partial charge in [-0.3, -0.25) is 0 Å². The van der Waals surface area contributed by atoms with Gasteiger partial charge < -0.3 is 15.0 Å². The lowest BCUT2D eigenvalue weighted by Gasteiger charge is -2.19. The third kappa shape index (κ3) is 5.81. The van der Waals surface area contributed by atoms with Crippen LogP contribution in [0.4, 0.5) is 5.82 Å². The minimum Gasteiger partial charge on any atom is -0.379 e. The van der Waals surface area contributed by atoms with E-state index in [0.717, 1.165) is 56.6 Å². The molecule has 0 unspecified atom stereocenters. The molecule has 1 aliphatic carbocycles. The summed E-state index contributed by atoms with van der Waals surface area (Å²) in [6.07, 6.45) is 5.68. The standard InChI is InChI=1S/C16H26ClN3O/c1-3-6-18-10-14-9-15(17)16(19-11-14)20(2)7-8-21-12-13-4-5-13/h9,11,13,18H,3-8,10,12H2,1-2H3. The molecule has 0 bridgehead atoms. The first-order valence-electron chi connectivity index (χ1n) is 7.84. The second kappa shape index (κ2) is 8.57. The molecule has 2 rings (SSSR count). The van der Waals surface area contributed by atoms with Crippen molar-refractivity contribution in [1.29, 1.82) is 0 Å². The predicted molar refractivity (Wildman–Crippen MR) is 88.1 cm³/mol. The summed E-state index contributed by atoms with van der Waals surface area (Å²) in [7, 11) is 2.00. The highest BCUT2D eigenvalue weighted by Crippen LogP contribution is 2.28. The highest BCUT2D eigenvalue weighted by atomic mass is 35.5. The first-order valence-corrected chi connectivity index (χ1v) is 8.22. The quantitative estimate of drug-likeness (QED) is 0.674. The molecule has 0 aliphatic heterocycles. The summed E-state index contributed by atoms with van der Waals surface area (Å²) in [5.74, 6) is 1.64. The Morgan fingerprint density at radius 1 is 1.48 bits per heavy atom. The van der Waals surface area contributed by atoms with Crippen molar-refractivity contribution in [2.45, 2.75) is 32.7 Å². The second-order valence-corrected chi connectivity index (χ2v) is 6.17. The van der Waals surface area contributed by atoms with Crippen LogP contribution >= 0.6 is 11.6 Å². The summed E-state index contributed by atoms with van der Waals surface area (Å²) in [6.45, 7) is 6.42. The van der Waals surface area contributed by atoms with E-state index in [-0.39, 0.29) is 0 Å². The van der Waals surface area contributed by atoms with E-state index in [1.165, 1.54) is 12.8 Å². The van der Waals surface area contributed by atoms with Crippen LogP contribution in [0.25, 0.3) is 0 Å². The van der Waals surface area contributed by atoms with Crippen molar-refractivity contribution < 1.29 is 4.74 Å². The lowest BCUT2D eigenvalue weighted by molar-refractivity contribution is 0.131. The van der Waals surface area contributed by atoms with Gasteiger partial charge in [-0.05, 0) is 43.4 Å². The molecule has 1 saturated carbocycles. The highest BCUT2D eigenvalue weighted by Gasteiger charge is 2.21. The van der Waals surface area contributed by atoms with E-state index in [0.29, 0.717) is 5.02 Å². The number of rotatable bonds is 10. The summed E-state index contributed by atoms with van der Waals surface area (Å²) >= 11 is 6.34. The zero-order valence-electron chi connectivity index (χ0n) is 13.1. The molecule has 21 heavy (non-hydrogen) atoms. The average Bonchev–Trinajstić information content (AvgIpc) is 3.28. The van der Waals surface area contributed by atoms with Crippen LogP contribution in [0.1, 0.15) is 31.7 Å². The van der Waals surface area contributed by atoms with Gasteiger partial charge in [-0.15, -0.1) is 0 Å². The fourth-order valence-electron chi connectivity index (χ4n) is 2.10. The van der Waals surface area contributed by atoms with Gasteiger partial charge in [0.1, 0.15) is 5.82 Å². The van der Waals surface area contributed by atoms with Crippen molar-refractivity contribution in [2.75, 3.05) is 38.3 Å². The number of nitrogens with one attached hydrogen (secondary N) is 1. The molecular formula is C16H26ClN3O. The molecule has 0 radical (unpaired) electrons. The third-order valence-corrected chi connectivity index (χ3v) is 3.90. The van der Waals surface area contributed by atoms with Gasteiger partial charge in [0.05, 0.1) is 11.6 Å². The Balaban J connectivity index is 1.77. The number of ether oxygens (including phenoxy) is 1. The Morgan fingerprint density at radius 2 is 2.29 bits per heavy atom. The van der Waals surface area contributed by atoms with Crippen LogP contribution < -0.4 is 10.2 Å². The van der Waals surface area contributed by atoms with Crippen LogP contribution in [-0.4, -0.2) is 38.3 Å². The molecule has 4 nitrogen and oxygen atoms in total. The van der Waals surface area contributed by atoms with E-state index >= 15 is 0 Å². The van der Waals surface area contributed by atoms with Gasteiger partial charge in [0.2, 0.25) is 0 Å². The fraction of sp³-hybridized carbons (Fsp3) is 0.688. The van der Waals surface area contributed by atoms with Crippen LogP contribution in [0.3, 0.4) is 0 Å². The number of hydrogen-bond donors (Lipinski definition) is 1. The summed E-state index contributed by atoms with van der Waals surface area (Å²) in [4.78, 5) is 6.54. The Morgan fingerprint density at radius 3 is 2.95 bits per heavy atom. The zero-order chi connectivity index (χ0) is 15.1.